The van der Waals surface area contributed by atoms with E-state index in [-0.39, 0.29) is 11.9 Å². The summed E-state index contributed by atoms with van der Waals surface area (Å²) in [6, 6.07) is 13.7. The van der Waals surface area contributed by atoms with Gasteiger partial charge in [-0.15, -0.1) is 0 Å². The van der Waals surface area contributed by atoms with Crippen molar-refractivity contribution in [3.63, 3.8) is 0 Å². The lowest BCUT2D eigenvalue weighted by atomic mass is 10.0. The molecule has 110 valence electrons. The first-order valence-corrected chi connectivity index (χ1v) is 7.25. The number of nitrogens with one attached hydrogen (secondary N) is 1. The molecular formula is C18H22N2O. The molecule has 0 aliphatic carbocycles. The average Bonchev–Trinajstić information content (AvgIpc) is 2.48. The van der Waals surface area contributed by atoms with Gasteiger partial charge in [0.25, 0.3) is 5.91 Å². The minimum absolute atomic E-state index is 0.0129. The lowest BCUT2D eigenvalue weighted by Crippen LogP contribution is -2.28. The molecule has 0 spiro atoms. The van der Waals surface area contributed by atoms with Crippen molar-refractivity contribution in [3.8, 4) is 0 Å². The number of aryl methyl sites for hydroxylation is 1. The smallest absolute Gasteiger partial charge is 0.252 e. The Balaban J connectivity index is 2.20. The lowest BCUT2D eigenvalue weighted by Gasteiger charge is -2.19. The maximum atomic E-state index is 12.5. The Morgan fingerprint density at radius 1 is 1.14 bits per heavy atom. The second-order valence-electron chi connectivity index (χ2n) is 5.36. The summed E-state index contributed by atoms with van der Waals surface area (Å²) in [5.74, 6) is -0.0766. The molecule has 0 heterocycles. The van der Waals surface area contributed by atoms with Crippen molar-refractivity contribution < 1.29 is 4.79 Å². The first kappa shape index (κ1) is 15.1. The van der Waals surface area contributed by atoms with Gasteiger partial charge in [0.15, 0.2) is 0 Å². The standard InChI is InChI=1S/C18H22N2O/c1-4-17(14-10-8-12(2)9-11-14)20-18(21)15-6-5-7-16(19)13(15)3/h5-11,17H,4,19H2,1-3H3,(H,20,21). The summed E-state index contributed by atoms with van der Waals surface area (Å²) in [5, 5.41) is 3.09. The number of carbonyl (C=O) groups is 1. The van der Waals surface area contributed by atoms with Gasteiger partial charge in [-0.1, -0.05) is 42.8 Å². The Labute approximate surface area is 126 Å². The first-order chi connectivity index (χ1) is 10.0. The van der Waals surface area contributed by atoms with Crippen LogP contribution in [-0.2, 0) is 0 Å². The molecule has 2 rings (SSSR count). The maximum absolute atomic E-state index is 12.5. The molecule has 0 bridgehead atoms. The van der Waals surface area contributed by atoms with E-state index in [0.717, 1.165) is 17.5 Å². The number of nitrogens with two attached hydrogens (primary N) is 1. The van der Waals surface area contributed by atoms with Crippen LogP contribution in [0.15, 0.2) is 42.5 Å². The summed E-state index contributed by atoms with van der Waals surface area (Å²) in [7, 11) is 0. The molecule has 21 heavy (non-hydrogen) atoms. The second-order valence-corrected chi connectivity index (χ2v) is 5.36. The predicted molar refractivity (Wildman–Crippen MR) is 87.3 cm³/mol. The number of amides is 1. The molecule has 2 aromatic rings. The van der Waals surface area contributed by atoms with Crippen molar-refractivity contribution in [1.82, 2.24) is 5.32 Å². The van der Waals surface area contributed by atoms with Gasteiger partial charge >= 0.3 is 0 Å². The lowest BCUT2D eigenvalue weighted by molar-refractivity contribution is 0.0935. The summed E-state index contributed by atoms with van der Waals surface area (Å²) in [6.45, 7) is 5.99. The molecule has 2 aromatic carbocycles. The van der Waals surface area contributed by atoms with Crippen LogP contribution in [0.1, 0.15) is 46.4 Å². The van der Waals surface area contributed by atoms with Crippen molar-refractivity contribution in [2.75, 3.05) is 5.73 Å². The highest BCUT2D eigenvalue weighted by Gasteiger charge is 2.16. The maximum Gasteiger partial charge on any atom is 0.252 e. The van der Waals surface area contributed by atoms with Gasteiger partial charge in [0.1, 0.15) is 0 Å². The minimum Gasteiger partial charge on any atom is -0.398 e. The molecule has 0 aromatic heterocycles. The fourth-order valence-electron chi connectivity index (χ4n) is 2.36. The van der Waals surface area contributed by atoms with Crippen molar-refractivity contribution in [1.29, 1.82) is 0 Å². The van der Waals surface area contributed by atoms with Crippen LogP contribution in [0.3, 0.4) is 0 Å². The molecule has 1 atom stereocenters. The number of anilines is 1. The zero-order valence-corrected chi connectivity index (χ0v) is 12.8. The van der Waals surface area contributed by atoms with Crippen molar-refractivity contribution >= 4 is 11.6 Å². The quantitative estimate of drug-likeness (QED) is 0.839. The van der Waals surface area contributed by atoms with Crippen molar-refractivity contribution in [2.45, 2.75) is 33.2 Å². The molecule has 1 amide bonds. The van der Waals surface area contributed by atoms with E-state index in [1.807, 2.05) is 25.1 Å². The van der Waals surface area contributed by atoms with Gasteiger partial charge < -0.3 is 11.1 Å². The van der Waals surface area contributed by atoms with E-state index >= 15 is 0 Å². The van der Waals surface area contributed by atoms with Crippen LogP contribution in [0, 0.1) is 13.8 Å². The number of hydrogen-bond donors (Lipinski definition) is 2. The van der Waals surface area contributed by atoms with E-state index < -0.39 is 0 Å². The van der Waals surface area contributed by atoms with Crippen LogP contribution in [0.2, 0.25) is 0 Å². The van der Waals surface area contributed by atoms with Crippen molar-refractivity contribution in [3.05, 3.63) is 64.7 Å². The predicted octanol–water partition coefficient (Wildman–Crippen LogP) is 3.77. The molecule has 0 radical (unpaired) electrons. The number of benzene rings is 2. The summed E-state index contributed by atoms with van der Waals surface area (Å²) in [5.41, 5.74) is 10.3. The minimum atomic E-state index is -0.0766. The Morgan fingerprint density at radius 2 is 1.81 bits per heavy atom. The van der Waals surface area contributed by atoms with Crippen LogP contribution in [0.25, 0.3) is 0 Å². The Kier molecular flexibility index (Phi) is 4.63. The summed E-state index contributed by atoms with van der Waals surface area (Å²) < 4.78 is 0. The molecule has 0 saturated heterocycles. The highest BCUT2D eigenvalue weighted by molar-refractivity contribution is 5.97. The van der Waals surface area contributed by atoms with Crippen molar-refractivity contribution in [2.24, 2.45) is 0 Å². The van der Waals surface area contributed by atoms with Gasteiger partial charge in [-0.25, -0.2) is 0 Å². The molecule has 3 nitrogen and oxygen atoms in total. The van der Waals surface area contributed by atoms with E-state index in [0.29, 0.717) is 11.3 Å². The van der Waals surface area contributed by atoms with E-state index in [2.05, 4.69) is 43.4 Å². The Hall–Kier alpha value is -2.29. The van der Waals surface area contributed by atoms with E-state index in [1.54, 1.807) is 0 Å². The third-order valence-corrected chi connectivity index (χ3v) is 3.81. The molecule has 3 heteroatoms. The van der Waals surface area contributed by atoms with Gasteiger partial charge in [0.05, 0.1) is 6.04 Å². The third-order valence-electron chi connectivity index (χ3n) is 3.81. The zero-order chi connectivity index (χ0) is 15.4. The normalized spacial score (nSPS) is 12.0. The van der Waals surface area contributed by atoms with Crippen LogP contribution in [0.4, 0.5) is 5.69 Å². The molecule has 1 unspecified atom stereocenters. The summed E-state index contributed by atoms with van der Waals surface area (Å²) in [6.07, 6.45) is 0.843. The molecule has 0 saturated carbocycles. The van der Waals surface area contributed by atoms with Crippen LogP contribution >= 0.6 is 0 Å². The fourth-order valence-corrected chi connectivity index (χ4v) is 2.36. The average molecular weight is 282 g/mol. The highest BCUT2D eigenvalue weighted by atomic mass is 16.1. The van der Waals surface area contributed by atoms with Gasteiger partial charge in [-0.05, 0) is 43.5 Å². The largest absolute Gasteiger partial charge is 0.398 e. The monoisotopic (exact) mass is 282 g/mol. The van der Waals surface area contributed by atoms with Gasteiger partial charge in [-0.2, -0.15) is 0 Å². The van der Waals surface area contributed by atoms with E-state index in [9.17, 15) is 4.79 Å². The fraction of sp³-hybridized carbons (Fsp3) is 0.278. The first-order valence-electron chi connectivity index (χ1n) is 7.25. The molecule has 0 aliphatic heterocycles. The van der Waals surface area contributed by atoms with Gasteiger partial charge in [0.2, 0.25) is 0 Å². The van der Waals surface area contributed by atoms with E-state index in [4.69, 9.17) is 5.73 Å². The number of nitrogen functional groups attached to an aromatic ring is 1. The molecule has 3 N–H and O–H groups in total. The number of hydrogen-bond acceptors (Lipinski definition) is 2. The molecular weight excluding hydrogens is 260 g/mol. The third kappa shape index (κ3) is 3.43. The Bertz CT molecular complexity index is 632. The topological polar surface area (TPSA) is 55.1 Å². The van der Waals surface area contributed by atoms with Crippen LogP contribution < -0.4 is 11.1 Å². The zero-order valence-electron chi connectivity index (χ0n) is 12.8. The molecule has 0 aliphatic rings. The van der Waals surface area contributed by atoms with Gasteiger partial charge in [0, 0.05) is 11.3 Å². The molecule has 0 fully saturated rings. The summed E-state index contributed by atoms with van der Waals surface area (Å²) >= 11 is 0. The summed E-state index contributed by atoms with van der Waals surface area (Å²) in [4.78, 5) is 12.5. The number of carbonyl (C=O) groups excluding carboxylic acids is 1. The SMILES string of the molecule is CCC(NC(=O)c1cccc(N)c1C)c1ccc(C)cc1. The van der Waals surface area contributed by atoms with Crippen LogP contribution in [-0.4, -0.2) is 5.91 Å². The second kappa shape index (κ2) is 6.44. The number of rotatable bonds is 4. The Morgan fingerprint density at radius 3 is 2.43 bits per heavy atom. The van der Waals surface area contributed by atoms with E-state index in [1.165, 1.54) is 5.56 Å². The van der Waals surface area contributed by atoms with Gasteiger partial charge in [-0.3, -0.25) is 4.79 Å². The van der Waals surface area contributed by atoms with Crippen LogP contribution in [0.5, 0.6) is 0 Å². The highest BCUT2D eigenvalue weighted by Crippen LogP contribution is 2.20.